The Kier molecular flexibility index (Phi) is 5.63. The van der Waals surface area contributed by atoms with Crippen LogP contribution in [-0.4, -0.2) is 77.2 Å². The van der Waals surface area contributed by atoms with Gasteiger partial charge in [0.1, 0.15) is 0 Å². The zero-order chi connectivity index (χ0) is 17.6. The van der Waals surface area contributed by atoms with Crippen molar-refractivity contribution < 1.29 is 14.4 Å². The molecule has 3 amide bonds. The number of carbonyl (C=O) groups is 3. The topological polar surface area (TPSA) is 73.8 Å². The number of amides is 3. The quantitative estimate of drug-likeness (QED) is 0.767. The van der Waals surface area contributed by atoms with Crippen LogP contribution < -0.4 is 0 Å². The van der Waals surface area contributed by atoms with Gasteiger partial charge in [0.25, 0.3) is 11.8 Å². The van der Waals surface area contributed by atoms with Gasteiger partial charge in [-0.25, -0.2) is 0 Å². The Morgan fingerprint density at radius 3 is 1.84 bits per heavy atom. The van der Waals surface area contributed by atoms with E-state index in [1.807, 2.05) is 4.90 Å². The van der Waals surface area contributed by atoms with Gasteiger partial charge in [-0.3, -0.25) is 19.4 Å². The molecule has 2 aliphatic heterocycles. The zero-order valence-corrected chi connectivity index (χ0v) is 14.4. The normalized spacial score (nSPS) is 18.6. The van der Waals surface area contributed by atoms with E-state index in [-0.39, 0.29) is 11.8 Å². The summed E-state index contributed by atoms with van der Waals surface area (Å²) in [5.74, 6) is -0.182. The lowest BCUT2D eigenvalue weighted by Crippen LogP contribution is -2.48. The van der Waals surface area contributed by atoms with Crippen molar-refractivity contribution in [1.82, 2.24) is 19.7 Å². The van der Waals surface area contributed by atoms with Crippen LogP contribution in [0, 0.1) is 0 Å². The lowest BCUT2D eigenvalue weighted by Gasteiger charge is -2.32. The van der Waals surface area contributed by atoms with E-state index in [4.69, 9.17) is 0 Å². The highest BCUT2D eigenvalue weighted by atomic mass is 16.2. The van der Waals surface area contributed by atoms with Gasteiger partial charge in [-0.05, 0) is 18.9 Å². The minimum atomic E-state index is -0.136. The van der Waals surface area contributed by atoms with Gasteiger partial charge in [-0.2, -0.15) is 0 Å². The van der Waals surface area contributed by atoms with Crippen molar-refractivity contribution in [3.63, 3.8) is 0 Å². The number of nitrogens with zero attached hydrogens (tertiary/aromatic N) is 4. The highest BCUT2D eigenvalue weighted by molar-refractivity contribution is 5.99. The maximum atomic E-state index is 12.7. The number of pyridine rings is 1. The van der Waals surface area contributed by atoms with E-state index in [0.29, 0.717) is 37.3 Å². The molecule has 0 atom stereocenters. The number of rotatable bonds is 3. The van der Waals surface area contributed by atoms with Crippen LogP contribution in [-0.2, 0) is 4.79 Å². The van der Waals surface area contributed by atoms with E-state index in [0.717, 1.165) is 45.2 Å². The van der Waals surface area contributed by atoms with Crippen LogP contribution in [0.2, 0.25) is 0 Å². The molecule has 0 unspecified atom stereocenters. The molecule has 134 valence electrons. The Morgan fingerprint density at radius 2 is 1.32 bits per heavy atom. The zero-order valence-electron chi connectivity index (χ0n) is 14.4. The van der Waals surface area contributed by atoms with Gasteiger partial charge in [-0.1, -0.05) is 12.8 Å². The second kappa shape index (κ2) is 8.09. The van der Waals surface area contributed by atoms with Gasteiger partial charge in [0.2, 0.25) is 6.41 Å². The Hall–Kier alpha value is -2.44. The first-order valence-corrected chi connectivity index (χ1v) is 8.92. The average Bonchev–Trinajstić information content (AvgIpc) is 2.96. The summed E-state index contributed by atoms with van der Waals surface area (Å²) >= 11 is 0. The van der Waals surface area contributed by atoms with Crippen LogP contribution >= 0.6 is 0 Å². The first kappa shape index (κ1) is 17.4. The van der Waals surface area contributed by atoms with Crippen molar-refractivity contribution >= 4 is 18.2 Å². The summed E-state index contributed by atoms with van der Waals surface area (Å²) in [4.78, 5) is 45.5. The highest BCUT2D eigenvalue weighted by Crippen LogP contribution is 2.15. The van der Waals surface area contributed by atoms with Crippen molar-refractivity contribution in [3.05, 3.63) is 29.6 Å². The summed E-state index contributed by atoms with van der Waals surface area (Å²) in [7, 11) is 0. The minimum Gasteiger partial charge on any atom is -0.342 e. The fraction of sp³-hybridized carbons (Fsp3) is 0.556. The predicted molar refractivity (Wildman–Crippen MR) is 92.1 cm³/mol. The molecule has 0 radical (unpaired) electrons. The number of carbonyl (C=O) groups excluding carboxylic acids is 3. The fourth-order valence-corrected chi connectivity index (χ4v) is 3.34. The van der Waals surface area contributed by atoms with Crippen LogP contribution in [0.15, 0.2) is 18.5 Å². The largest absolute Gasteiger partial charge is 0.342 e. The molecule has 25 heavy (non-hydrogen) atoms. The van der Waals surface area contributed by atoms with Crippen molar-refractivity contribution in [2.45, 2.75) is 25.7 Å². The number of likely N-dealkylation sites (tertiary alicyclic amines) is 1. The summed E-state index contributed by atoms with van der Waals surface area (Å²) in [6.45, 7) is 3.61. The third kappa shape index (κ3) is 4.15. The summed E-state index contributed by atoms with van der Waals surface area (Å²) in [5.41, 5.74) is 0.902. The molecular weight excluding hydrogens is 320 g/mol. The first-order chi connectivity index (χ1) is 12.2. The molecule has 0 aliphatic carbocycles. The standard InChI is InChI=1S/C18H24N4O3/c23-14-20-7-9-22(10-8-20)18(25)16-11-15(12-19-13-16)17(24)21-5-3-1-2-4-6-21/h11-14H,1-10H2. The Morgan fingerprint density at radius 1 is 0.800 bits per heavy atom. The smallest absolute Gasteiger partial charge is 0.255 e. The molecule has 1 aromatic heterocycles. The van der Waals surface area contributed by atoms with E-state index in [1.54, 1.807) is 15.9 Å². The molecule has 0 spiro atoms. The van der Waals surface area contributed by atoms with Crippen molar-refractivity contribution in [3.8, 4) is 0 Å². The molecule has 3 heterocycles. The average molecular weight is 344 g/mol. The van der Waals surface area contributed by atoms with Gasteiger partial charge in [-0.15, -0.1) is 0 Å². The molecule has 2 fully saturated rings. The van der Waals surface area contributed by atoms with Crippen molar-refractivity contribution in [1.29, 1.82) is 0 Å². The number of aromatic nitrogens is 1. The number of hydrogen-bond donors (Lipinski definition) is 0. The van der Waals surface area contributed by atoms with Crippen LogP contribution in [0.1, 0.15) is 46.4 Å². The van der Waals surface area contributed by atoms with Gasteiger partial charge >= 0.3 is 0 Å². The molecule has 3 rings (SSSR count). The van der Waals surface area contributed by atoms with E-state index in [9.17, 15) is 14.4 Å². The summed E-state index contributed by atoms with van der Waals surface area (Å²) < 4.78 is 0. The molecule has 0 saturated carbocycles. The van der Waals surface area contributed by atoms with Crippen LogP contribution in [0.25, 0.3) is 0 Å². The van der Waals surface area contributed by atoms with E-state index < -0.39 is 0 Å². The maximum absolute atomic E-state index is 12.7. The number of hydrogen-bond acceptors (Lipinski definition) is 4. The minimum absolute atomic E-state index is 0.0465. The third-order valence-electron chi connectivity index (χ3n) is 4.88. The maximum Gasteiger partial charge on any atom is 0.255 e. The second-order valence-electron chi connectivity index (χ2n) is 6.60. The summed E-state index contributed by atoms with van der Waals surface area (Å²) in [6.07, 6.45) is 8.23. The van der Waals surface area contributed by atoms with Gasteiger partial charge in [0, 0.05) is 51.7 Å². The first-order valence-electron chi connectivity index (χ1n) is 8.92. The fourth-order valence-electron chi connectivity index (χ4n) is 3.34. The van der Waals surface area contributed by atoms with Gasteiger partial charge in [0.15, 0.2) is 0 Å². The van der Waals surface area contributed by atoms with Crippen molar-refractivity contribution in [2.75, 3.05) is 39.3 Å². The Bertz CT molecular complexity index is 633. The Labute approximate surface area is 147 Å². The molecule has 0 N–H and O–H groups in total. The van der Waals surface area contributed by atoms with E-state index >= 15 is 0 Å². The van der Waals surface area contributed by atoms with Crippen LogP contribution in [0.3, 0.4) is 0 Å². The molecule has 1 aromatic rings. The van der Waals surface area contributed by atoms with Crippen LogP contribution in [0.4, 0.5) is 0 Å². The Balaban J connectivity index is 1.69. The predicted octanol–water partition coefficient (Wildman–Crippen LogP) is 1.01. The molecule has 2 saturated heterocycles. The lowest BCUT2D eigenvalue weighted by molar-refractivity contribution is -0.119. The highest BCUT2D eigenvalue weighted by Gasteiger charge is 2.23. The molecule has 7 nitrogen and oxygen atoms in total. The van der Waals surface area contributed by atoms with Crippen molar-refractivity contribution in [2.24, 2.45) is 0 Å². The second-order valence-corrected chi connectivity index (χ2v) is 6.60. The third-order valence-corrected chi connectivity index (χ3v) is 4.88. The number of piperazine rings is 1. The molecule has 2 aliphatic rings. The van der Waals surface area contributed by atoms with E-state index in [1.165, 1.54) is 12.4 Å². The molecule has 0 bridgehead atoms. The SMILES string of the molecule is O=CN1CCN(C(=O)c2cncc(C(=O)N3CCCCCC3)c2)CC1. The molecule has 0 aromatic carbocycles. The molecular formula is C18H24N4O3. The summed E-state index contributed by atoms with van der Waals surface area (Å²) in [5, 5.41) is 0. The lowest BCUT2D eigenvalue weighted by atomic mass is 10.1. The van der Waals surface area contributed by atoms with Crippen LogP contribution in [0.5, 0.6) is 0 Å². The summed E-state index contributed by atoms with van der Waals surface area (Å²) in [6, 6.07) is 1.65. The van der Waals surface area contributed by atoms with Gasteiger partial charge < -0.3 is 14.7 Å². The molecule has 7 heteroatoms. The van der Waals surface area contributed by atoms with E-state index in [2.05, 4.69) is 4.98 Å². The monoisotopic (exact) mass is 344 g/mol. The van der Waals surface area contributed by atoms with Gasteiger partial charge in [0.05, 0.1) is 11.1 Å².